The molecule has 1 amide bonds. The van der Waals surface area contributed by atoms with Crippen LogP contribution in [-0.2, 0) is 4.79 Å². The van der Waals surface area contributed by atoms with Crippen LogP contribution in [0.2, 0.25) is 10.0 Å². The van der Waals surface area contributed by atoms with Crippen LogP contribution in [0.4, 0.5) is 0 Å². The minimum atomic E-state index is -1.34. The third-order valence-electron chi connectivity index (χ3n) is 4.31. The molecule has 22 heavy (non-hydrogen) atoms. The number of hydrogen-bond donors (Lipinski definition) is 3. The molecule has 2 rings (SSSR count). The molecule has 122 valence electrons. The predicted octanol–water partition coefficient (Wildman–Crippen LogP) is 3.08. The van der Waals surface area contributed by atoms with Crippen molar-refractivity contribution >= 4 is 29.1 Å². The van der Waals surface area contributed by atoms with Gasteiger partial charge in [-0.3, -0.25) is 4.79 Å². The second-order valence-corrected chi connectivity index (χ2v) is 6.89. The van der Waals surface area contributed by atoms with Crippen molar-refractivity contribution in [3.8, 4) is 0 Å². The monoisotopic (exact) mass is 345 g/mol. The van der Waals surface area contributed by atoms with Crippen molar-refractivity contribution in [2.45, 2.75) is 44.3 Å². The summed E-state index contributed by atoms with van der Waals surface area (Å²) in [5, 5.41) is 23.9. The number of nitrogens with one attached hydrogen (secondary N) is 1. The van der Waals surface area contributed by atoms with E-state index in [0.29, 0.717) is 34.4 Å². The third-order valence-corrected chi connectivity index (χ3v) is 4.97. The summed E-state index contributed by atoms with van der Waals surface area (Å²) in [4.78, 5) is 12.2. The number of halogens is 2. The first kappa shape index (κ1) is 17.5. The molecule has 0 heterocycles. The van der Waals surface area contributed by atoms with Crippen LogP contribution in [0, 0.1) is 5.92 Å². The van der Waals surface area contributed by atoms with Crippen molar-refractivity contribution in [3.05, 3.63) is 33.8 Å². The van der Waals surface area contributed by atoms with E-state index >= 15 is 0 Å². The SMILES string of the molecule is CC1CCC(O)(C(=O)NCC(O)c2c(Cl)cccc2Cl)CC1. The lowest BCUT2D eigenvalue weighted by molar-refractivity contribution is -0.144. The Labute approximate surface area is 140 Å². The topological polar surface area (TPSA) is 69.6 Å². The van der Waals surface area contributed by atoms with E-state index in [4.69, 9.17) is 23.2 Å². The van der Waals surface area contributed by atoms with Gasteiger partial charge in [-0.15, -0.1) is 0 Å². The van der Waals surface area contributed by atoms with Crippen molar-refractivity contribution in [3.63, 3.8) is 0 Å². The van der Waals surface area contributed by atoms with Gasteiger partial charge in [0.25, 0.3) is 5.91 Å². The van der Waals surface area contributed by atoms with Crippen molar-refractivity contribution in [1.29, 1.82) is 0 Å². The first-order valence-corrected chi connectivity index (χ1v) is 8.22. The Morgan fingerprint density at radius 1 is 1.36 bits per heavy atom. The van der Waals surface area contributed by atoms with E-state index in [1.54, 1.807) is 18.2 Å². The summed E-state index contributed by atoms with van der Waals surface area (Å²) < 4.78 is 0. The molecule has 1 aliphatic rings. The fraction of sp³-hybridized carbons (Fsp3) is 0.562. The molecule has 0 saturated heterocycles. The quantitative estimate of drug-likeness (QED) is 0.785. The number of rotatable bonds is 4. The Morgan fingerprint density at radius 2 is 1.91 bits per heavy atom. The van der Waals surface area contributed by atoms with Crippen molar-refractivity contribution in [1.82, 2.24) is 5.32 Å². The van der Waals surface area contributed by atoms with Gasteiger partial charge in [0.15, 0.2) is 0 Å². The van der Waals surface area contributed by atoms with Crippen LogP contribution in [0.15, 0.2) is 18.2 Å². The van der Waals surface area contributed by atoms with E-state index in [-0.39, 0.29) is 6.54 Å². The average molecular weight is 346 g/mol. The molecular formula is C16H21Cl2NO3. The van der Waals surface area contributed by atoms with Crippen LogP contribution < -0.4 is 5.32 Å². The summed E-state index contributed by atoms with van der Waals surface area (Å²) in [5.41, 5.74) is -0.952. The van der Waals surface area contributed by atoms with Gasteiger partial charge in [0, 0.05) is 22.2 Å². The zero-order chi connectivity index (χ0) is 16.3. The van der Waals surface area contributed by atoms with Gasteiger partial charge in [0.2, 0.25) is 0 Å². The lowest BCUT2D eigenvalue weighted by Crippen LogP contribution is -2.49. The fourth-order valence-electron chi connectivity index (χ4n) is 2.75. The molecule has 1 aliphatic carbocycles. The predicted molar refractivity (Wildman–Crippen MR) is 87.0 cm³/mol. The highest BCUT2D eigenvalue weighted by atomic mass is 35.5. The second-order valence-electron chi connectivity index (χ2n) is 6.08. The first-order chi connectivity index (χ1) is 10.3. The minimum Gasteiger partial charge on any atom is -0.386 e. The van der Waals surface area contributed by atoms with Gasteiger partial charge >= 0.3 is 0 Å². The van der Waals surface area contributed by atoms with Gasteiger partial charge in [-0.25, -0.2) is 0 Å². The summed E-state index contributed by atoms with van der Waals surface area (Å²) in [6.07, 6.45) is 1.52. The summed E-state index contributed by atoms with van der Waals surface area (Å²) in [6, 6.07) is 4.94. The average Bonchev–Trinajstić information content (AvgIpc) is 2.47. The molecule has 1 aromatic rings. The highest BCUT2D eigenvalue weighted by molar-refractivity contribution is 6.36. The largest absolute Gasteiger partial charge is 0.386 e. The van der Waals surface area contributed by atoms with Gasteiger partial charge in [0.05, 0.1) is 6.10 Å². The van der Waals surface area contributed by atoms with Crippen molar-refractivity contribution in [2.24, 2.45) is 5.92 Å². The molecule has 3 N–H and O–H groups in total. The number of hydrogen-bond acceptors (Lipinski definition) is 3. The number of aliphatic hydroxyl groups is 2. The van der Waals surface area contributed by atoms with Gasteiger partial charge in [-0.05, 0) is 43.7 Å². The molecule has 1 aromatic carbocycles. The molecule has 1 fully saturated rings. The maximum absolute atomic E-state index is 12.2. The van der Waals surface area contributed by atoms with Gasteiger partial charge < -0.3 is 15.5 Å². The van der Waals surface area contributed by atoms with Gasteiger partial charge in [-0.2, -0.15) is 0 Å². The molecule has 0 spiro atoms. The summed E-state index contributed by atoms with van der Waals surface area (Å²) in [5.74, 6) is 0.0854. The molecule has 1 unspecified atom stereocenters. The van der Waals surface area contributed by atoms with Crippen LogP contribution in [0.5, 0.6) is 0 Å². The molecule has 0 aliphatic heterocycles. The molecule has 1 saturated carbocycles. The molecular weight excluding hydrogens is 325 g/mol. The normalized spacial score (nSPS) is 26.5. The van der Waals surface area contributed by atoms with E-state index in [2.05, 4.69) is 12.2 Å². The smallest absolute Gasteiger partial charge is 0.252 e. The molecule has 6 heteroatoms. The number of carbonyl (C=O) groups excluding carboxylic acids is 1. The fourth-order valence-corrected chi connectivity index (χ4v) is 3.40. The second kappa shape index (κ2) is 7.18. The highest BCUT2D eigenvalue weighted by Gasteiger charge is 2.38. The Balaban J connectivity index is 1.96. The Hall–Kier alpha value is -0.810. The standard InChI is InChI=1S/C16H21Cl2NO3/c1-10-5-7-16(22,8-6-10)15(21)19-9-13(20)14-11(17)3-2-4-12(14)18/h2-4,10,13,20,22H,5-9H2,1H3,(H,19,21). The zero-order valence-electron chi connectivity index (χ0n) is 12.5. The molecule has 0 bridgehead atoms. The van der Waals surface area contributed by atoms with E-state index in [9.17, 15) is 15.0 Å². The summed E-state index contributed by atoms with van der Waals surface area (Å²) >= 11 is 12.1. The van der Waals surface area contributed by atoms with Crippen molar-refractivity contribution in [2.75, 3.05) is 6.54 Å². The zero-order valence-corrected chi connectivity index (χ0v) is 14.0. The number of benzene rings is 1. The lowest BCUT2D eigenvalue weighted by atomic mass is 9.79. The summed E-state index contributed by atoms with van der Waals surface area (Å²) in [6.45, 7) is 2.07. The summed E-state index contributed by atoms with van der Waals surface area (Å²) in [7, 11) is 0. The Bertz CT molecular complexity index is 522. The van der Waals surface area contributed by atoms with Crippen LogP contribution in [0.1, 0.15) is 44.3 Å². The van der Waals surface area contributed by atoms with E-state index in [1.807, 2.05) is 0 Å². The maximum Gasteiger partial charge on any atom is 0.252 e. The van der Waals surface area contributed by atoms with Crippen LogP contribution in [0.3, 0.4) is 0 Å². The number of amides is 1. The highest BCUT2D eigenvalue weighted by Crippen LogP contribution is 2.33. The molecule has 0 radical (unpaired) electrons. The molecule has 4 nitrogen and oxygen atoms in total. The third kappa shape index (κ3) is 3.93. The Kier molecular flexibility index (Phi) is 5.72. The lowest BCUT2D eigenvalue weighted by Gasteiger charge is -2.33. The van der Waals surface area contributed by atoms with E-state index in [0.717, 1.165) is 12.8 Å². The van der Waals surface area contributed by atoms with Crippen LogP contribution in [0.25, 0.3) is 0 Å². The number of aliphatic hydroxyl groups excluding tert-OH is 1. The maximum atomic E-state index is 12.2. The molecule has 1 atom stereocenters. The van der Waals surface area contributed by atoms with Gasteiger partial charge in [0.1, 0.15) is 5.60 Å². The Morgan fingerprint density at radius 3 is 2.45 bits per heavy atom. The van der Waals surface area contributed by atoms with E-state index in [1.165, 1.54) is 0 Å². The van der Waals surface area contributed by atoms with Crippen molar-refractivity contribution < 1.29 is 15.0 Å². The van der Waals surface area contributed by atoms with Crippen LogP contribution in [-0.4, -0.2) is 28.3 Å². The van der Waals surface area contributed by atoms with E-state index < -0.39 is 17.6 Å². The number of carbonyl (C=O) groups is 1. The first-order valence-electron chi connectivity index (χ1n) is 7.46. The minimum absolute atomic E-state index is 0.0415. The van der Waals surface area contributed by atoms with Crippen LogP contribution >= 0.6 is 23.2 Å². The van der Waals surface area contributed by atoms with Gasteiger partial charge in [-0.1, -0.05) is 36.2 Å². The molecule has 0 aromatic heterocycles.